The molecule has 0 saturated heterocycles. The molecule has 4 rings (SSSR count). The largest absolute Gasteiger partial charge is 0.481 e. The predicted octanol–water partition coefficient (Wildman–Crippen LogP) is 5.18. The second-order valence-corrected chi connectivity index (χ2v) is 10.3. The second kappa shape index (κ2) is 6.65. The summed E-state index contributed by atoms with van der Waals surface area (Å²) in [6.45, 7) is 5.02. The quantitative estimate of drug-likeness (QED) is 0.679. The molecular weight excluding hydrogens is 324 g/mol. The van der Waals surface area contributed by atoms with Crippen molar-refractivity contribution in [3.63, 3.8) is 0 Å². The zero-order valence-electron chi connectivity index (χ0n) is 16.5. The first-order valence-electron chi connectivity index (χ1n) is 10.9. The van der Waals surface area contributed by atoms with E-state index in [9.17, 15) is 9.90 Å². The topological polar surface area (TPSA) is 57.5 Å². The van der Waals surface area contributed by atoms with Crippen LogP contribution < -0.4 is 0 Å². The normalized spacial score (nSPS) is 47.5. The number of carboxylic acids is 1. The SMILES string of the molecule is CC12CCC(O)CC1=CCC1C2CCC2(C)C1CC[C@@H]2CCCC(=O)O. The van der Waals surface area contributed by atoms with Gasteiger partial charge in [-0.1, -0.05) is 25.5 Å². The van der Waals surface area contributed by atoms with Gasteiger partial charge < -0.3 is 10.2 Å². The summed E-state index contributed by atoms with van der Waals surface area (Å²) in [5.41, 5.74) is 2.30. The number of hydrogen-bond acceptors (Lipinski definition) is 2. The number of aliphatic hydroxyl groups is 1. The van der Waals surface area contributed by atoms with E-state index >= 15 is 0 Å². The lowest BCUT2D eigenvalue weighted by Crippen LogP contribution is -2.50. The van der Waals surface area contributed by atoms with Crippen molar-refractivity contribution in [3.8, 4) is 0 Å². The van der Waals surface area contributed by atoms with Gasteiger partial charge in [0.05, 0.1) is 6.10 Å². The van der Waals surface area contributed by atoms with Gasteiger partial charge in [-0.15, -0.1) is 0 Å². The van der Waals surface area contributed by atoms with Crippen molar-refractivity contribution >= 4 is 5.97 Å². The van der Waals surface area contributed by atoms with Crippen LogP contribution in [0.5, 0.6) is 0 Å². The van der Waals surface area contributed by atoms with Gasteiger partial charge in [0.1, 0.15) is 0 Å². The Kier molecular flexibility index (Phi) is 4.74. The minimum absolute atomic E-state index is 0.121. The van der Waals surface area contributed by atoms with Crippen molar-refractivity contribution in [1.29, 1.82) is 0 Å². The lowest BCUT2D eigenvalue weighted by Gasteiger charge is -2.58. The molecule has 3 heteroatoms. The Morgan fingerprint density at radius 1 is 1.15 bits per heavy atom. The van der Waals surface area contributed by atoms with Crippen LogP contribution in [0.15, 0.2) is 11.6 Å². The fourth-order valence-electron chi connectivity index (χ4n) is 7.72. The molecule has 0 aromatic heterocycles. The van der Waals surface area contributed by atoms with Crippen LogP contribution in [0.4, 0.5) is 0 Å². The smallest absolute Gasteiger partial charge is 0.303 e. The molecule has 26 heavy (non-hydrogen) atoms. The summed E-state index contributed by atoms with van der Waals surface area (Å²) >= 11 is 0. The molecule has 0 aromatic rings. The van der Waals surface area contributed by atoms with Gasteiger partial charge >= 0.3 is 5.97 Å². The molecule has 2 N–H and O–H groups in total. The maximum atomic E-state index is 10.9. The van der Waals surface area contributed by atoms with Gasteiger partial charge in [-0.05, 0) is 98.7 Å². The van der Waals surface area contributed by atoms with Crippen LogP contribution in [0.1, 0.15) is 84.5 Å². The molecule has 7 atom stereocenters. The molecule has 0 aromatic carbocycles. The van der Waals surface area contributed by atoms with E-state index in [1.165, 1.54) is 32.1 Å². The molecule has 4 aliphatic carbocycles. The third-order valence-electron chi connectivity index (χ3n) is 9.22. The van der Waals surface area contributed by atoms with Crippen LogP contribution in [0.2, 0.25) is 0 Å². The highest BCUT2D eigenvalue weighted by Crippen LogP contribution is 2.66. The Morgan fingerprint density at radius 2 is 1.96 bits per heavy atom. The van der Waals surface area contributed by atoms with Gasteiger partial charge in [0.2, 0.25) is 0 Å². The first kappa shape index (κ1) is 18.5. The number of allylic oxidation sites excluding steroid dienone is 1. The average molecular weight is 361 g/mol. The summed E-state index contributed by atoms with van der Waals surface area (Å²) in [5, 5.41) is 19.1. The van der Waals surface area contributed by atoms with E-state index < -0.39 is 5.97 Å². The third-order valence-corrected chi connectivity index (χ3v) is 9.22. The van der Waals surface area contributed by atoms with E-state index in [4.69, 9.17) is 5.11 Å². The summed E-state index contributed by atoms with van der Waals surface area (Å²) in [6, 6.07) is 0. The fraction of sp³-hybridized carbons (Fsp3) is 0.870. The van der Waals surface area contributed by atoms with Crippen LogP contribution in [-0.4, -0.2) is 22.3 Å². The van der Waals surface area contributed by atoms with E-state index in [0.29, 0.717) is 17.3 Å². The maximum Gasteiger partial charge on any atom is 0.303 e. The first-order valence-corrected chi connectivity index (χ1v) is 10.9. The molecule has 0 spiro atoms. The van der Waals surface area contributed by atoms with Gasteiger partial charge in [0, 0.05) is 6.42 Å². The van der Waals surface area contributed by atoms with Crippen LogP contribution in [0, 0.1) is 34.5 Å². The van der Waals surface area contributed by atoms with Crippen molar-refractivity contribution in [3.05, 3.63) is 11.6 Å². The lowest BCUT2D eigenvalue weighted by atomic mass is 9.47. The minimum atomic E-state index is -0.647. The summed E-state index contributed by atoms with van der Waals surface area (Å²) in [6.07, 6.45) is 14.2. The molecule has 3 saturated carbocycles. The van der Waals surface area contributed by atoms with Crippen LogP contribution in [0.3, 0.4) is 0 Å². The molecule has 146 valence electrons. The van der Waals surface area contributed by atoms with Gasteiger partial charge in [0.25, 0.3) is 0 Å². The van der Waals surface area contributed by atoms with Gasteiger partial charge in [-0.3, -0.25) is 4.79 Å². The summed E-state index contributed by atoms with van der Waals surface area (Å²) in [4.78, 5) is 10.9. The summed E-state index contributed by atoms with van der Waals surface area (Å²) in [5.74, 6) is 2.50. The van der Waals surface area contributed by atoms with E-state index in [1.54, 1.807) is 5.57 Å². The molecular formula is C23H36O3. The van der Waals surface area contributed by atoms with Crippen molar-refractivity contribution in [2.24, 2.45) is 34.5 Å². The Labute approximate surface area is 158 Å². The molecule has 0 heterocycles. The molecule has 3 nitrogen and oxygen atoms in total. The highest BCUT2D eigenvalue weighted by molar-refractivity contribution is 5.66. The van der Waals surface area contributed by atoms with Crippen molar-refractivity contribution in [1.82, 2.24) is 0 Å². The molecule has 0 radical (unpaired) electrons. The van der Waals surface area contributed by atoms with E-state index in [0.717, 1.165) is 55.8 Å². The number of aliphatic carboxylic acids is 1. The minimum Gasteiger partial charge on any atom is -0.481 e. The summed E-state index contributed by atoms with van der Waals surface area (Å²) in [7, 11) is 0. The predicted molar refractivity (Wildman–Crippen MR) is 103 cm³/mol. The highest BCUT2D eigenvalue weighted by atomic mass is 16.4. The molecule has 0 bridgehead atoms. The Bertz CT molecular complexity index is 596. The summed E-state index contributed by atoms with van der Waals surface area (Å²) < 4.78 is 0. The molecule has 0 amide bonds. The lowest BCUT2D eigenvalue weighted by molar-refractivity contribution is -0.137. The Balaban J connectivity index is 1.51. The zero-order valence-corrected chi connectivity index (χ0v) is 16.5. The van der Waals surface area contributed by atoms with Crippen LogP contribution in [0.25, 0.3) is 0 Å². The standard InChI is InChI=1S/C23H36O3/c1-22-13-11-20-18(8-6-16-14-17(24)10-12-23(16,20)2)19(22)9-7-15(22)4-3-5-21(25)26/h6,15,17-20,24H,3-5,7-14H2,1-2H3,(H,25,26)/t15-,17?,18?,19?,20?,22?,23?/m0/s1. The van der Waals surface area contributed by atoms with Crippen LogP contribution in [-0.2, 0) is 4.79 Å². The molecule has 6 unspecified atom stereocenters. The van der Waals surface area contributed by atoms with E-state index in [1.807, 2.05) is 0 Å². The Morgan fingerprint density at radius 3 is 2.73 bits per heavy atom. The molecule has 3 fully saturated rings. The maximum absolute atomic E-state index is 10.9. The van der Waals surface area contributed by atoms with Gasteiger partial charge in [-0.25, -0.2) is 0 Å². The number of fused-ring (bicyclic) bond motifs is 5. The Hall–Kier alpha value is -0.830. The second-order valence-electron chi connectivity index (χ2n) is 10.3. The van der Waals surface area contributed by atoms with E-state index in [2.05, 4.69) is 19.9 Å². The number of rotatable bonds is 4. The van der Waals surface area contributed by atoms with Crippen LogP contribution >= 0.6 is 0 Å². The van der Waals surface area contributed by atoms with Gasteiger partial charge in [0.15, 0.2) is 0 Å². The zero-order chi connectivity index (χ0) is 18.5. The fourth-order valence-corrected chi connectivity index (χ4v) is 7.72. The third kappa shape index (κ3) is 2.85. The number of hydrogen-bond donors (Lipinski definition) is 2. The number of carboxylic acid groups (broad SMARTS) is 1. The highest BCUT2D eigenvalue weighted by Gasteiger charge is 2.58. The first-order chi connectivity index (χ1) is 12.3. The van der Waals surface area contributed by atoms with E-state index in [-0.39, 0.29) is 6.10 Å². The van der Waals surface area contributed by atoms with Crippen molar-refractivity contribution in [2.45, 2.75) is 90.6 Å². The molecule has 0 aliphatic heterocycles. The number of aliphatic hydroxyl groups excluding tert-OH is 1. The average Bonchev–Trinajstić information content (AvgIpc) is 2.92. The van der Waals surface area contributed by atoms with Crippen molar-refractivity contribution < 1.29 is 15.0 Å². The number of carbonyl (C=O) groups is 1. The van der Waals surface area contributed by atoms with Gasteiger partial charge in [-0.2, -0.15) is 0 Å². The van der Waals surface area contributed by atoms with Crippen molar-refractivity contribution in [2.75, 3.05) is 0 Å². The molecule has 4 aliphatic rings. The monoisotopic (exact) mass is 360 g/mol.